The predicted octanol–water partition coefficient (Wildman–Crippen LogP) is 6.10. The molecule has 1 fully saturated rings. The van der Waals surface area contributed by atoms with Gasteiger partial charge in [-0.2, -0.15) is 0 Å². The fraction of sp³-hybridized carbons (Fsp3) is 0.429. The average molecular weight is 342 g/mol. The quantitative estimate of drug-likeness (QED) is 0.712. The first-order valence-corrected chi connectivity index (χ1v) is 9.29. The minimum Gasteiger partial charge on any atom is -0.378 e. The van der Waals surface area contributed by atoms with Crippen LogP contribution in [-0.4, -0.2) is 6.61 Å². The van der Waals surface area contributed by atoms with Gasteiger partial charge in [-0.25, -0.2) is 0 Å². The molecule has 2 heterocycles. The van der Waals surface area contributed by atoms with Crippen LogP contribution in [0.25, 0.3) is 0 Å². The molecule has 2 aliphatic heterocycles. The van der Waals surface area contributed by atoms with Crippen LogP contribution < -0.4 is 5.32 Å². The highest BCUT2D eigenvalue weighted by Gasteiger charge is 2.39. The van der Waals surface area contributed by atoms with Crippen molar-refractivity contribution in [2.75, 3.05) is 11.9 Å². The molecule has 2 aromatic rings. The van der Waals surface area contributed by atoms with Crippen molar-refractivity contribution < 1.29 is 4.74 Å². The smallest absolute Gasteiger partial charge is 0.0895 e. The van der Waals surface area contributed by atoms with Crippen molar-refractivity contribution in [3.8, 4) is 0 Å². The molecule has 0 bridgehead atoms. The van der Waals surface area contributed by atoms with Gasteiger partial charge in [-0.15, -0.1) is 0 Å². The highest BCUT2D eigenvalue weighted by atomic mass is 35.5. The third-order valence-corrected chi connectivity index (χ3v) is 5.64. The summed E-state index contributed by atoms with van der Waals surface area (Å²) in [6, 6.07) is 15.3. The lowest BCUT2D eigenvalue weighted by Crippen LogP contribution is -2.36. The van der Waals surface area contributed by atoms with Crippen molar-refractivity contribution in [3.05, 3.63) is 64.2 Å². The predicted molar refractivity (Wildman–Crippen MR) is 99.8 cm³/mol. The minimum absolute atomic E-state index is 0.189. The highest BCUT2D eigenvalue weighted by Crippen LogP contribution is 2.49. The summed E-state index contributed by atoms with van der Waals surface area (Å²) in [5, 5.41) is 4.56. The maximum Gasteiger partial charge on any atom is 0.0895 e. The molecule has 2 nitrogen and oxygen atoms in total. The van der Waals surface area contributed by atoms with Gasteiger partial charge in [0.05, 0.1) is 12.1 Å². The molecule has 1 saturated heterocycles. The van der Waals surface area contributed by atoms with Crippen LogP contribution in [-0.2, 0) is 4.74 Å². The van der Waals surface area contributed by atoms with Gasteiger partial charge < -0.3 is 10.1 Å². The summed E-state index contributed by atoms with van der Waals surface area (Å²) in [4.78, 5) is 0. The second kappa shape index (κ2) is 6.42. The summed E-state index contributed by atoms with van der Waals surface area (Å²) in [5.74, 6) is 1.00. The summed E-state index contributed by atoms with van der Waals surface area (Å²) in [6.07, 6.45) is 2.51. The molecule has 4 rings (SSSR count). The van der Waals surface area contributed by atoms with E-state index in [0.29, 0.717) is 11.8 Å². The van der Waals surface area contributed by atoms with Crippen molar-refractivity contribution in [2.45, 2.75) is 44.8 Å². The van der Waals surface area contributed by atoms with Crippen LogP contribution in [0.5, 0.6) is 0 Å². The number of ether oxygens (including phenoxy) is 1. The van der Waals surface area contributed by atoms with Crippen LogP contribution in [0.4, 0.5) is 5.69 Å². The molecule has 0 saturated carbocycles. The van der Waals surface area contributed by atoms with E-state index in [-0.39, 0.29) is 12.1 Å². The number of anilines is 1. The SMILES string of the molecule is CC(C)c1ccc2c(c1)[C@H]1OCCC[C@H]1[C@H](c1ccc(Cl)cc1)N2. The zero-order valence-electron chi connectivity index (χ0n) is 14.3. The fourth-order valence-electron chi connectivity index (χ4n) is 4.05. The van der Waals surface area contributed by atoms with Gasteiger partial charge in [0.15, 0.2) is 0 Å². The van der Waals surface area contributed by atoms with E-state index < -0.39 is 0 Å². The Morgan fingerprint density at radius 2 is 1.92 bits per heavy atom. The normalized spacial score (nSPS) is 25.8. The number of nitrogens with one attached hydrogen (secondary N) is 1. The number of fused-ring (bicyclic) bond motifs is 3. The largest absolute Gasteiger partial charge is 0.378 e. The third kappa shape index (κ3) is 2.82. The molecule has 0 aromatic heterocycles. The first kappa shape index (κ1) is 16.0. The topological polar surface area (TPSA) is 21.3 Å². The van der Waals surface area contributed by atoms with Gasteiger partial charge in [0.1, 0.15) is 0 Å². The van der Waals surface area contributed by atoms with E-state index in [1.165, 1.54) is 28.8 Å². The van der Waals surface area contributed by atoms with Gasteiger partial charge in [-0.1, -0.05) is 49.7 Å². The van der Waals surface area contributed by atoms with Gasteiger partial charge in [0.25, 0.3) is 0 Å². The first-order valence-electron chi connectivity index (χ1n) is 8.91. The zero-order valence-corrected chi connectivity index (χ0v) is 15.0. The Bertz CT molecular complexity index is 725. The number of halogens is 1. The van der Waals surface area contributed by atoms with E-state index >= 15 is 0 Å². The number of hydrogen-bond donors (Lipinski definition) is 1. The zero-order chi connectivity index (χ0) is 16.7. The van der Waals surface area contributed by atoms with E-state index in [2.05, 4.69) is 49.5 Å². The lowest BCUT2D eigenvalue weighted by molar-refractivity contribution is -0.0381. The van der Waals surface area contributed by atoms with E-state index in [9.17, 15) is 0 Å². The van der Waals surface area contributed by atoms with Gasteiger partial charge in [0.2, 0.25) is 0 Å². The van der Waals surface area contributed by atoms with Crippen molar-refractivity contribution in [2.24, 2.45) is 5.92 Å². The highest BCUT2D eigenvalue weighted by molar-refractivity contribution is 6.30. The Balaban J connectivity index is 1.75. The molecule has 2 aliphatic rings. The molecule has 0 radical (unpaired) electrons. The van der Waals surface area contributed by atoms with E-state index in [0.717, 1.165) is 18.1 Å². The summed E-state index contributed by atoms with van der Waals surface area (Å²) in [6.45, 7) is 5.35. The monoisotopic (exact) mass is 341 g/mol. The van der Waals surface area contributed by atoms with Crippen LogP contribution >= 0.6 is 11.6 Å². The second-order valence-electron chi connectivity index (χ2n) is 7.27. The maximum atomic E-state index is 6.25. The Hall–Kier alpha value is -1.51. The molecule has 24 heavy (non-hydrogen) atoms. The maximum absolute atomic E-state index is 6.25. The summed E-state index contributed by atoms with van der Waals surface area (Å²) < 4.78 is 6.25. The molecule has 126 valence electrons. The molecular weight excluding hydrogens is 318 g/mol. The average Bonchev–Trinajstić information content (AvgIpc) is 2.61. The lowest BCUT2D eigenvalue weighted by atomic mass is 9.77. The van der Waals surface area contributed by atoms with E-state index in [1.54, 1.807) is 0 Å². The fourth-order valence-corrected chi connectivity index (χ4v) is 4.17. The van der Waals surface area contributed by atoms with Crippen LogP contribution in [0.3, 0.4) is 0 Å². The molecule has 3 atom stereocenters. The Morgan fingerprint density at radius 1 is 1.12 bits per heavy atom. The van der Waals surface area contributed by atoms with Crippen LogP contribution in [0, 0.1) is 5.92 Å². The van der Waals surface area contributed by atoms with Crippen molar-refractivity contribution in [3.63, 3.8) is 0 Å². The van der Waals surface area contributed by atoms with Crippen LogP contribution in [0.1, 0.15) is 61.4 Å². The van der Waals surface area contributed by atoms with Crippen molar-refractivity contribution in [1.82, 2.24) is 0 Å². The third-order valence-electron chi connectivity index (χ3n) is 5.39. The minimum atomic E-state index is 0.189. The van der Waals surface area contributed by atoms with Crippen LogP contribution in [0.15, 0.2) is 42.5 Å². The summed E-state index contributed by atoms with van der Waals surface area (Å²) in [7, 11) is 0. The Morgan fingerprint density at radius 3 is 2.67 bits per heavy atom. The summed E-state index contributed by atoms with van der Waals surface area (Å²) >= 11 is 6.07. The van der Waals surface area contributed by atoms with Gasteiger partial charge >= 0.3 is 0 Å². The van der Waals surface area contributed by atoms with E-state index in [1.807, 2.05) is 12.1 Å². The van der Waals surface area contributed by atoms with E-state index in [4.69, 9.17) is 16.3 Å². The number of hydrogen-bond acceptors (Lipinski definition) is 2. The molecule has 1 N–H and O–H groups in total. The number of rotatable bonds is 2. The standard InChI is InChI=1S/C21H24ClNO/c1-13(2)15-7-10-19-18(12-15)21-17(4-3-11-24-21)20(23-19)14-5-8-16(22)9-6-14/h5-10,12-13,17,20-21,23H,3-4,11H2,1-2H3/t17-,20-,21-/m0/s1. The molecule has 0 unspecified atom stereocenters. The van der Waals surface area contributed by atoms with Crippen LogP contribution in [0.2, 0.25) is 5.02 Å². The van der Waals surface area contributed by atoms with Crippen molar-refractivity contribution in [1.29, 1.82) is 0 Å². The lowest BCUT2D eigenvalue weighted by Gasteiger charge is -2.43. The Kier molecular flexibility index (Phi) is 4.28. The molecule has 0 amide bonds. The molecule has 3 heteroatoms. The molecule has 0 spiro atoms. The summed E-state index contributed by atoms with van der Waals surface area (Å²) in [5.41, 5.74) is 5.21. The Labute approximate surface area is 149 Å². The number of benzene rings is 2. The first-order chi connectivity index (χ1) is 11.6. The van der Waals surface area contributed by atoms with Crippen molar-refractivity contribution >= 4 is 17.3 Å². The molecule has 2 aromatic carbocycles. The van der Waals surface area contributed by atoms with Gasteiger partial charge in [-0.3, -0.25) is 0 Å². The second-order valence-corrected chi connectivity index (χ2v) is 7.71. The van der Waals surface area contributed by atoms with Gasteiger partial charge in [0, 0.05) is 28.8 Å². The van der Waals surface area contributed by atoms with Gasteiger partial charge in [-0.05, 0) is 48.1 Å². The molecule has 0 aliphatic carbocycles. The molecular formula is C21H24ClNO.